The fourth-order valence-corrected chi connectivity index (χ4v) is 1.95. The number of rotatable bonds is 4. The number of carbonyl (C=O) groups excluding carboxylic acids is 1. The third kappa shape index (κ3) is 3.35. The van der Waals surface area contributed by atoms with Gasteiger partial charge in [0.05, 0.1) is 17.6 Å². The highest BCUT2D eigenvalue weighted by atomic mass is 32.1. The molecule has 0 bridgehead atoms. The van der Waals surface area contributed by atoms with E-state index in [2.05, 4.69) is 10.3 Å². The third-order valence-electron chi connectivity index (χ3n) is 2.26. The van der Waals surface area contributed by atoms with Crippen molar-refractivity contribution in [3.05, 3.63) is 52.2 Å². The van der Waals surface area contributed by atoms with Gasteiger partial charge in [-0.2, -0.15) is 0 Å². The van der Waals surface area contributed by atoms with E-state index in [1.165, 1.54) is 17.4 Å². The van der Waals surface area contributed by atoms with Crippen molar-refractivity contribution in [2.75, 3.05) is 0 Å². The summed E-state index contributed by atoms with van der Waals surface area (Å²) >= 11 is 1.45. The van der Waals surface area contributed by atoms with Crippen LogP contribution in [-0.2, 0) is 17.8 Å². The number of nitrogens with zero attached hydrogens (tertiary/aromatic N) is 1. The molecule has 1 N–H and O–H groups in total. The maximum Gasteiger partial charge on any atom is 0.226 e. The van der Waals surface area contributed by atoms with E-state index in [1.807, 2.05) is 5.38 Å². The van der Waals surface area contributed by atoms with Crippen LogP contribution in [0.5, 0.6) is 0 Å². The van der Waals surface area contributed by atoms with E-state index in [4.69, 9.17) is 0 Å². The van der Waals surface area contributed by atoms with E-state index in [0.29, 0.717) is 5.56 Å². The lowest BCUT2D eigenvalue weighted by molar-refractivity contribution is -0.120. The van der Waals surface area contributed by atoms with Crippen molar-refractivity contribution in [2.45, 2.75) is 13.0 Å². The van der Waals surface area contributed by atoms with Crippen LogP contribution in [0.2, 0.25) is 0 Å². The molecule has 0 aliphatic heterocycles. The largest absolute Gasteiger partial charge is 0.352 e. The first kappa shape index (κ1) is 11.7. The number of carbonyl (C=O) groups is 1. The van der Waals surface area contributed by atoms with Crippen molar-refractivity contribution in [2.24, 2.45) is 0 Å². The smallest absolute Gasteiger partial charge is 0.226 e. The van der Waals surface area contributed by atoms with E-state index in [1.54, 1.807) is 23.7 Å². The Labute approximate surface area is 102 Å². The molecule has 0 spiro atoms. The van der Waals surface area contributed by atoms with Crippen molar-refractivity contribution in [1.82, 2.24) is 10.3 Å². The van der Waals surface area contributed by atoms with Crippen LogP contribution in [0.3, 0.4) is 0 Å². The van der Waals surface area contributed by atoms with Crippen LogP contribution in [0.1, 0.15) is 11.3 Å². The molecule has 0 unspecified atom stereocenters. The summed E-state index contributed by atoms with van der Waals surface area (Å²) in [6, 6.07) is 6.39. The summed E-state index contributed by atoms with van der Waals surface area (Å²) in [6.07, 6.45) is 0.234. The average molecular weight is 250 g/mol. The Morgan fingerprint density at radius 2 is 2.24 bits per heavy atom. The van der Waals surface area contributed by atoms with Crippen LogP contribution < -0.4 is 5.32 Å². The Kier molecular flexibility index (Phi) is 3.82. The first-order chi connectivity index (χ1) is 8.25. The molecule has 5 heteroatoms. The van der Waals surface area contributed by atoms with Crippen molar-refractivity contribution in [1.29, 1.82) is 0 Å². The highest BCUT2D eigenvalue weighted by Crippen LogP contribution is 2.06. The van der Waals surface area contributed by atoms with E-state index in [9.17, 15) is 9.18 Å². The number of aromatic nitrogens is 1. The molecule has 88 valence electrons. The van der Waals surface area contributed by atoms with Crippen molar-refractivity contribution in [3.8, 4) is 0 Å². The van der Waals surface area contributed by atoms with Gasteiger partial charge in [0, 0.05) is 17.5 Å². The zero-order chi connectivity index (χ0) is 12.1. The van der Waals surface area contributed by atoms with E-state index in [-0.39, 0.29) is 24.7 Å². The molecule has 1 amide bonds. The van der Waals surface area contributed by atoms with Gasteiger partial charge in [-0.1, -0.05) is 18.2 Å². The van der Waals surface area contributed by atoms with Crippen LogP contribution in [0.15, 0.2) is 35.2 Å². The second kappa shape index (κ2) is 5.54. The molecular formula is C12H11FN2OS. The molecule has 17 heavy (non-hydrogen) atoms. The second-order valence-electron chi connectivity index (χ2n) is 3.52. The molecule has 0 fully saturated rings. The molecule has 1 heterocycles. The Balaban J connectivity index is 1.86. The van der Waals surface area contributed by atoms with Gasteiger partial charge in [-0.3, -0.25) is 4.79 Å². The molecule has 1 aromatic carbocycles. The lowest BCUT2D eigenvalue weighted by Crippen LogP contribution is -2.25. The quantitative estimate of drug-likeness (QED) is 0.903. The van der Waals surface area contributed by atoms with Gasteiger partial charge >= 0.3 is 0 Å². The normalized spacial score (nSPS) is 10.2. The van der Waals surface area contributed by atoms with Gasteiger partial charge in [-0.15, -0.1) is 11.3 Å². The number of thiazole rings is 1. The summed E-state index contributed by atoms with van der Waals surface area (Å²) in [5.74, 6) is -0.458. The standard InChI is InChI=1S/C12H11FN2OS/c13-11-4-2-1-3-9(11)6-14-12(16)5-10-7-17-8-15-10/h1-4,7-8H,5-6H2,(H,14,16). The predicted molar refractivity (Wildman–Crippen MR) is 64.1 cm³/mol. The molecule has 2 rings (SSSR count). The van der Waals surface area contributed by atoms with Crippen LogP contribution >= 0.6 is 11.3 Å². The maximum absolute atomic E-state index is 13.3. The number of halogens is 1. The van der Waals surface area contributed by atoms with Crippen LogP contribution in [0, 0.1) is 5.82 Å². The summed E-state index contributed by atoms with van der Waals surface area (Å²) in [4.78, 5) is 15.5. The molecular weight excluding hydrogens is 239 g/mol. The third-order valence-corrected chi connectivity index (χ3v) is 2.89. The molecule has 0 radical (unpaired) electrons. The number of benzene rings is 1. The molecule has 2 aromatic rings. The lowest BCUT2D eigenvalue weighted by Gasteiger charge is -2.05. The van der Waals surface area contributed by atoms with Crippen molar-refractivity contribution < 1.29 is 9.18 Å². The van der Waals surface area contributed by atoms with Crippen LogP contribution in [-0.4, -0.2) is 10.9 Å². The monoisotopic (exact) mass is 250 g/mol. The fourth-order valence-electron chi connectivity index (χ4n) is 1.39. The van der Waals surface area contributed by atoms with Crippen LogP contribution in [0.4, 0.5) is 4.39 Å². The molecule has 0 aliphatic carbocycles. The average Bonchev–Trinajstić information content (AvgIpc) is 2.81. The molecule has 0 atom stereocenters. The number of hydrogen-bond donors (Lipinski definition) is 1. The van der Waals surface area contributed by atoms with Crippen LogP contribution in [0.25, 0.3) is 0 Å². The minimum Gasteiger partial charge on any atom is -0.352 e. The first-order valence-corrected chi connectivity index (χ1v) is 6.07. The highest BCUT2D eigenvalue weighted by molar-refractivity contribution is 7.07. The minimum absolute atomic E-state index is 0.154. The summed E-state index contributed by atoms with van der Waals surface area (Å²) < 4.78 is 13.3. The van der Waals surface area contributed by atoms with Gasteiger partial charge in [0.15, 0.2) is 0 Å². The summed E-state index contributed by atoms with van der Waals surface area (Å²) in [6.45, 7) is 0.204. The number of amides is 1. The maximum atomic E-state index is 13.3. The van der Waals surface area contributed by atoms with E-state index >= 15 is 0 Å². The van der Waals surface area contributed by atoms with E-state index < -0.39 is 0 Å². The second-order valence-corrected chi connectivity index (χ2v) is 4.24. The SMILES string of the molecule is O=C(Cc1cscn1)NCc1ccccc1F. The minimum atomic E-state index is -0.304. The van der Waals surface area contributed by atoms with Crippen molar-refractivity contribution in [3.63, 3.8) is 0 Å². The zero-order valence-corrected chi connectivity index (χ0v) is 9.84. The Bertz CT molecular complexity index is 499. The lowest BCUT2D eigenvalue weighted by atomic mass is 10.2. The van der Waals surface area contributed by atoms with E-state index in [0.717, 1.165) is 5.69 Å². The van der Waals surface area contributed by atoms with Gasteiger partial charge in [0.2, 0.25) is 5.91 Å². The van der Waals surface area contributed by atoms with Gasteiger partial charge in [-0.05, 0) is 6.07 Å². The van der Waals surface area contributed by atoms with Gasteiger partial charge in [-0.25, -0.2) is 9.37 Å². The molecule has 0 saturated carbocycles. The Hall–Kier alpha value is -1.75. The van der Waals surface area contributed by atoms with Crippen molar-refractivity contribution >= 4 is 17.2 Å². The number of nitrogens with one attached hydrogen (secondary N) is 1. The van der Waals surface area contributed by atoms with Gasteiger partial charge in [0.25, 0.3) is 0 Å². The molecule has 0 aliphatic rings. The summed E-state index contributed by atoms with van der Waals surface area (Å²) in [5, 5.41) is 4.49. The summed E-state index contributed by atoms with van der Waals surface area (Å²) in [7, 11) is 0. The summed E-state index contributed by atoms with van der Waals surface area (Å²) in [5.41, 5.74) is 2.90. The Morgan fingerprint density at radius 3 is 2.94 bits per heavy atom. The first-order valence-electron chi connectivity index (χ1n) is 5.13. The molecule has 0 saturated heterocycles. The zero-order valence-electron chi connectivity index (χ0n) is 9.02. The number of hydrogen-bond acceptors (Lipinski definition) is 3. The topological polar surface area (TPSA) is 42.0 Å². The van der Waals surface area contributed by atoms with Gasteiger partial charge < -0.3 is 5.32 Å². The predicted octanol–water partition coefficient (Wildman–Crippen LogP) is 2.14. The Morgan fingerprint density at radius 1 is 1.41 bits per heavy atom. The molecule has 1 aromatic heterocycles. The molecule has 3 nitrogen and oxygen atoms in total. The van der Waals surface area contributed by atoms with Gasteiger partial charge in [0.1, 0.15) is 5.82 Å². The highest BCUT2D eigenvalue weighted by Gasteiger charge is 2.06. The fraction of sp³-hybridized carbons (Fsp3) is 0.167.